The first-order valence-electron chi connectivity index (χ1n) is 18.7. The number of aryl methyl sites for hydroxylation is 2. The highest BCUT2D eigenvalue weighted by atomic mass is 35.5. The van der Waals surface area contributed by atoms with Crippen LogP contribution in [0.1, 0.15) is 64.1 Å². The Morgan fingerprint density at radius 3 is 2.50 bits per heavy atom. The van der Waals surface area contributed by atoms with Crippen molar-refractivity contribution in [3.63, 3.8) is 0 Å². The van der Waals surface area contributed by atoms with Crippen LogP contribution in [-0.4, -0.2) is 68.7 Å². The number of amides is 1. The summed E-state index contributed by atoms with van der Waals surface area (Å²) < 4.78 is 10.3. The Balaban J connectivity index is 0.000000174. The molecule has 2 aliphatic heterocycles. The lowest BCUT2D eigenvalue weighted by Gasteiger charge is -2.31. The number of benzene rings is 3. The number of rotatable bonds is 10. The lowest BCUT2D eigenvalue weighted by atomic mass is 9.98. The molecule has 3 aromatic carbocycles. The minimum absolute atomic E-state index is 0.189. The third-order valence-corrected chi connectivity index (χ3v) is 11.9. The van der Waals surface area contributed by atoms with Crippen molar-refractivity contribution in [2.24, 2.45) is 10.9 Å². The first-order valence-corrected chi connectivity index (χ1v) is 19.9. The molecule has 3 aromatic heterocycles. The highest BCUT2D eigenvalue weighted by Crippen LogP contribution is 2.36. The molecule has 6 aromatic rings. The van der Waals surface area contributed by atoms with Gasteiger partial charge in [-0.05, 0) is 80.5 Å². The summed E-state index contributed by atoms with van der Waals surface area (Å²) >= 11 is 7.80. The minimum atomic E-state index is 0.189. The van der Waals surface area contributed by atoms with Gasteiger partial charge in [0.05, 0.1) is 12.3 Å². The van der Waals surface area contributed by atoms with Crippen LogP contribution in [0.25, 0.3) is 15.9 Å². The summed E-state index contributed by atoms with van der Waals surface area (Å²) in [5.74, 6) is 2.55. The summed E-state index contributed by atoms with van der Waals surface area (Å²) in [5, 5.41) is 15.2. The van der Waals surface area contributed by atoms with E-state index in [4.69, 9.17) is 21.3 Å². The number of fused-ring (bicyclic) bond motifs is 4. The number of ether oxygens (including phenoxy) is 1. The Morgan fingerprint density at radius 1 is 0.963 bits per heavy atom. The normalized spacial score (nSPS) is 14.2. The van der Waals surface area contributed by atoms with Crippen LogP contribution in [0, 0.1) is 26.7 Å². The zero-order valence-electron chi connectivity index (χ0n) is 31.5. The van der Waals surface area contributed by atoms with E-state index in [1.54, 1.807) is 18.3 Å². The highest BCUT2D eigenvalue weighted by molar-refractivity contribution is 7.15. The number of nitrogens with zero attached hydrogens (tertiary/aromatic N) is 6. The van der Waals surface area contributed by atoms with E-state index in [0.717, 1.165) is 91.7 Å². The molecule has 8 rings (SSSR count). The molecule has 54 heavy (non-hydrogen) atoms. The van der Waals surface area contributed by atoms with Crippen LogP contribution in [0.5, 0.6) is 0 Å². The van der Waals surface area contributed by atoms with Crippen molar-refractivity contribution in [3.8, 4) is 5.00 Å². The van der Waals surface area contributed by atoms with Gasteiger partial charge in [-0.3, -0.25) is 14.4 Å². The Hall–Kier alpha value is -4.61. The summed E-state index contributed by atoms with van der Waals surface area (Å²) in [5.41, 5.74) is 8.43. The summed E-state index contributed by atoms with van der Waals surface area (Å²) in [6.45, 7) is 14.3. The molecule has 0 atom stereocenters. The second-order valence-corrected chi connectivity index (χ2v) is 15.8. The smallest absolute Gasteiger partial charge is 0.219 e. The Bertz CT molecular complexity index is 2230. The van der Waals surface area contributed by atoms with Crippen LogP contribution in [0.2, 0.25) is 5.02 Å². The molecule has 0 saturated carbocycles. The van der Waals surface area contributed by atoms with Gasteiger partial charge in [0.2, 0.25) is 5.91 Å². The number of aliphatic imine (C=N–C) groups is 1. The molecule has 0 aliphatic carbocycles. The number of aromatic nitrogens is 4. The predicted octanol–water partition coefficient (Wildman–Crippen LogP) is 8.31. The third-order valence-electron chi connectivity index (χ3n) is 10.4. The number of piperidine rings is 1. The fourth-order valence-corrected chi connectivity index (χ4v) is 8.63. The van der Waals surface area contributed by atoms with E-state index >= 15 is 0 Å². The monoisotopic (exact) mass is 761 g/mol. The fourth-order valence-electron chi connectivity index (χ4n) is 7.28. The topological polar surface area (TPSA) is 89.6 Å². The molecule has 5 heterocycles. The van der Waals surface area contributed by atoms with Crippen molar-refractivity contribution in [3.05, 3.63) is 134 Å². The molecule has 1 fully saturated rings. The Labute approximate surface area is 326 Å². The first-order chi connectivity index (χ1) is 26.3. The maximum Gasteiger partial charge on any atom is 0.219 e. The molecule has 0 radical (unpaired) electrons. The van der Waals surface area contributed by atoms with Gasteiger partial charge in [0, 0.05) is 84.4 Å². The van der Waals surface area contributed by atoms with Crippen LogP contribution in [0.15, 0.2) is 90.1 Å². The van der Waals surface area contributed by atoms with E-state index in [1.165, 1.54) is 38.0 Å². The SMILES string of the molecule is CC(=O)N1CCC(COCCNCc2cccc3c2ccn3Cc2ccccc2)CC1.Cc1sc2c(c1C)C(c1ccc(Cl)cc1)=NCc1nnc(C)n1-2. The average Bonchev–Trinajstić information content (AvgIpc) is 3.82. The van der Waals surface area contributed by atoms with Crippen molar-refractivity contribution in [1.29, 1.82) is 0 Å². The number of thiophene rings is 1. The molecule has 1 N–H and O–H groups in total. The summed E-state index contributed by atoms with van der Waals surface area (Å²) in [6, 6.07) is 27.2. The maximum atomic E-state index is 11.4. The summed E-state index contributed by atoms with van der Waals surface area (Å²) in [4.78, 5) is 19.5. The average molecular weight is 762 g/mol. The van der Waals surface area contributed by atoms with Crippen LogP contribution < -0.4 is 5.32 Å². The first kappa shape index (κ1) is 37.7. The van der Waals surface area contributed by atoms with E-state index < -0.39 is 0 Å². The van der Waals surface area contributed by atoms with Crippen LogP contribution >= 0.6 is 22.9 Å². The molecule has 0 bridgehead atoms. The number of hydrogen-bond acceptors (Lipinski definition) is 7. The number of carbonyl (C=O) groups is 1. The van der Waals surface area contributed by atoms with Gasteiger partial charge in [0.25, 0.3) is 0 Å². The second-order valence-electron chi connectivity index (χ2n) is 14.1. The minimum Gasteiger partial charge on any atom is -0.380 e. The van der Waals surface area contributed by atoms with Crippen LogP contribution in [0.3, 0.4) is 0 Å². The molecular weight excluding hydrogens is 714 g/mol. The Morgan fingerprint density at radius 2 is 1.74 bits per heavy atom. The van der Waals surface area contributed by atoms with Gasteiger partial charge < -0.3 is 19.5 Å². The largest absolute Gasteiger partial charge is 0.380 e. The summed E-state index contributed by atoms with van der Waals surface area (Å²) in [6.07, 6.45) is 4.28. The van der Waals surface area contributed by atoms with Gasteiger partial charge in [0.1, 0.15) is 17.4 Å². The van der Waals surface area contributed by atoms with E-state index in [1.807, 2.05) is 36.1 Å². The quantitative estimate of drug-likeness (QED) is 0.142. The molecule has 11 heteroatoms. The van der Waals surface area contributed by atoms with Crippen molar-refractivity contribution < 1.29 is 9.53 Å². The van der Waals surface area contributed by atoms with Crippen LogP contribution in [-0.2, 0) is 29.2 Å². The van der Waals surface area contributed by atoms with Crippen molar-refractivity contribution in [2.45, 2.75) is 60.2 Å². The zero-order chi connectivity index (χ0) is 37.6. The van der Waals surface area contributed by atoms with E-state index in [2.05, 4.69) is 99.3 Å². The van der Waals surface area contributed by atoms with Crippen molar-refractivity contribution in [1.82, 2.24) is 29.5 Å². The predicted molar refractivity (Wildman–Crippen MR) is 219 cm³/mol. The molecule has 2 aliphatic rings. The van der Waals surface area contributed by atoms with Gasteiger partial charge in [-0.1, -0.05) is 66.2 Å². The van der Waals surface area contributed by atoms with Crippen LogP contribution in [0.4, 0.5) is 0 Å². The molecule has 0 unspecified atom stereocenters. The molecular formula is C43H48ClN7O2S. The van der Waals surface area contributed by atoms with Crippen molar-refractivity contribution >= 4 is 45.5 Å². The highest BCUT2D eigenvalue weighted by Gasteiger charge is 2.26. The maximum absolute atomic E-state index is 11.4. The third kappa shape index (κ3) is 8.52. The van der Waals surface area contributed by atoms with E-state index in [0.29, 0.717) is 12.5 Å². The number of carbonyl (C=O) groups excluding carboxylic acids is 1. The molecule has 280 valence electrons. The van der Waals surface area contributed by atoms with Gasteiger partial charge in [-0.2, -0.15) is 0 Å². The second kappa shape index (κ2) is 17.2. The van der Waals surface area contributed by atoms with E-state index in [-0.39, 0.29) is 5.91 Å². The zero-order valence-corrected chi connectivity index (χ0v) is 33.1. The molecule has 0 spiro atoms. The summed E-state index contributed by atoms with van der Waals surface area (Å²) in [7, 11) is 0. The number of likely N-dealkylation sites (tertiary alicyclic amines) is 1. The molecule has 1 amide bonds. The molecule has 1 saturated heterocycles. The van der Waals surface area contributed by atoms with Gasteiger partial charge >= 0.3 is 0 Å². The van der Waals surface area contributed by atoms with Crippen molar-refractivity contribution in [2.75, 3.05) is 32.8 Å². The van der Waals surface area contributed by atoms with Gasteiger partial charge in [0.15, 0.2) is 5.82 Å². The molecule has 9 nitrogen and oxygen atoms in total. The Kier molecular flexibility index (Phi) is 12.0. The lowest BCUT2D eigenvalue weighted by Crippen LogP contribution is -2.38. The number of nitrogens with one attached hydrogen (secondary N) is 1. The van der Waals surface area contributed by atoms with Gasteiger partial charge in [-0.15, -0.1) is 21.5 Å². The van der Waals surface area contributed by atoms with E-state index in [9.17, 15) is 4.79 Å². The number of halogens is 1. The van der Waals surface area contributed by atoms with Gasteiger partial charge in [-0.25, -0.2) is 0 Å². The number of hydrogen-bond donors (Lipinski definition) is 1. The lowest BCUT2D eigenvalue weighted by molar-refractivity contribution is -0.130. The fraction of sp³-hybridized carbons (Fsp3) is 0.349. The standard InChI is InChI=1S/C26H33N3O2.C17H15ClN4S/c1-21(30)28-14-10-23(11-15-28)20-31-17-13-27-18-24-8-5-9-26-25(24)12-16-29(26)19-22-6-3-2-4-7-22;1-9-10(2)23-17-15(9)16(12-4-6-13(18)7-5-12)19-8-14-21-20-11(3)22(14)17/h2-9,12,16,23,27H,10-11,13-15,17-20H2,1H3;4-7H,8H2,1-3H3.